The van der Waals surface area contributed by atoms with Crippen LogP contribution in [0.3, 0.4) is 0 Å². The molecule has 1 fully saturated rings. The van der Waals surface area contributed by atoms with E-state index in [1.54, 1.807) is 6.92 Å². The number of halogens is 2. The topological polar surface area (TPSA) is 106 Å². The van der Waals surface area contributed by atoms with Gasteiger partial charge in [-0.05, 0) is 42.8 Å². The Labute approximate surface area is 208 Å². The number of Topliss-reactive ketones (excluding diaryl/α,β-unsaturated/α-hetero) is 1. The highest BCUT2D eigenvalue weighted by molar-refractivity contribution is 7.17. The largest absolute Gasteiger partial charge is 0.507 e. The van der Waals surface area contributed by atoms with Crippen LogP contribution in [-0.2, 0) is 14.3 Å². The van der Waals surface area contributed by atoms with Crippen LogP contribution in [0.2, 0.25) is 5.02 Å². The highest BCUT2D eigenvalue weighted by Gasteiger charge is 2.48. The number of hydrogen-bond donors (Lipinski definition) is 1. The standard InChI is InChI=1S/C24H18ClFN2O6S/c1-11-21(23(32)34-3)35-24(27-11)28-18(12-4-7-14(26)8-5-12)17(20(30)22(28)31)19(29)13-6-9-16(33-2)15(25)10-13/h4-10,18,29H,1-3H3. The Hall–Kier alpha value is -3.76. The Morgan fingerprint density at radius 1 is 1.17 bits per heavy atom. The molecule has 0 bridgehead atoms. The van der Waals surface area contributed by atoms with Crippen LogP contribution < -0.4 is 9.64 Å². The van der Waals surface area contributed by atoms with Crippen molar-refractivity contribution in [2.24, 2.45) is 0 Å². The first-order valence-electron chi connectivity index (χ1n) is 10.1. The van der Waals surface area contributed by atoms with Gasteiger partial charge < -0.3 is 14.6 Å². The number of aliphatic hydroxyl groups excluding tert-OH is 1. The van der Waals surface area contributed by atoms with Crippen molar-refractivity contribution in [1.29, 1.82) is 0 Å². The second-order valence-corrected chi connectivity index (χ2v) is 8.86. The van der Waals surface area contributed by atoms with Gasteiger partial charge in [-0.2, -0.15) is 0 Å². The fourth-order valence-corrected chi connectivity index (χ4v) is 5.00. The summed E-state index contributed by atoms with van der Waals surface area (Å²) in [4.78, 5) is 44.0. The number of benzene rings is 2. The smallest absolute Gasteiger partial charge is 0.350 e. The third-order valence-electron chi connectivity index (χ3n) is 5.42. The van der Waals surface area contributed by atoms with E-state index in [1.807, 2.05) is 0 Å². The van der Waals surface area contributed by atoms with Gasteiger partial charge in [0.15, 0.2) is 5.13 Å². The number of aromatic nitrogens is 1. The van der Waals surface area contributed by atoms with Gasteiger partial charge in [-0.15, -0.1) is 0 Å². The molecule has 0 aliphatic carbocycles. The zero-order valence-corrected chi connectivity index (χ0v) is 20.2. The van der Waals surface area contributed by atoms with Crippen LogP contribution in [-0.4, -0.2) is 42.0 Å². The molecule has 2 aromatic carbocycles. The Kier molecular flexibility index (Phi) is 6.60. The summed E-state index contributed by atoms with van der Waals surface area (Å²) < 4.78 is 23.6. The number of nitrogens with zero attached hydrogens (tertiary/aromatic N) is 2. The number of carbonyl (C=O) groups excluding carboxylic acids is 3. The summed E-state index contributed by atoms with van der Waals surface area (Å²) in [5, 5.41) is 11.4. The zero-order valence-electron chi connectivity index (χ0n) is 18.7. The SMILES string of the molecule is COC(=O)c1sc(N2C(=O)C(=O)C(=C(O)c3ccc(OC)c(Cl)c3)C2c2ccc(F)cc2)nc1C. The Morgan fingerprint density at radius 2 is 1.86 bits per heavy atom. The molecular formula is C24H18ClFN2O6S. The number of aryl methyl sites for hydroxylation is 1. The normalized spacial score (nSPS) is 17.1. The van der Waals surface area contributed by atoms with E-state index < -0.39 is 35.3 Å². The van der Waals surface area contributed by atoms with Gasteiger partial charge in [0.2, 0.25) is 0 Å². The van der Waals surface area contributed by atoms with Gasteiger partial charge in [0.25, 0.3) is 5.78 Å². The van der Waals surface area contributed by atoms with Crippen LogP contribution >= 0.6 is 22.9 Å². The number of aliphatic hydroxyl groups is 1. The summed E-state index contributed by atoms with van der Waals surface area (Å²) in [6.45, 7) is 1.56. The van der Waals surface area contributed by atoms with Crippen molar-refractivity contribution in [3.05, 3.63) is 80.6 Å². The first kappa shape index (κ1) is 24.4. The molecule has 1 aromatic heterocycles. The number of ether oxygens (including phenoxy) is 2. The molecule has 1 saturated heterocycles. The number of ketones is 1. The van der Waals surface area contributed by atoms with Gasteiger partial charge in [0.05, 0.1) is 36.6 Å². The zero-order chi connectivity index (χ0) is 25.4. The summed E-state index contributed by atoms with van der Waals surface area (Å²) in [5.74, 6) is -3.24. The van der Waals surface area contributed by atoms with Gasteiger partial charge in [0, 0.05) is 5.56 Å². The number of rotatable bonds is 5. The molecule has 1 unspecified atom stereocenters. The molecule has 3 aromatic rings. The highest BCUT2D eigenvalue weighted by Crippen LogP contribution is 2.44. The molecule has 8 nitrogen and oxygen atoms in total. The van der Waals surface area contributed by atoms with E-state index in [0.29, 0.717) is 17.0 Å². The molecular weight excluding hydrogens is 499 g/mol. The number of amides is 1. The fourth-order valence-electron chi connectivity index (χ4n) is 3.73. The van der Waals surface area contributed by atoms with E-state index >= 15 is 0 Å². The molecule has 35 heavy (non-hydrogen) atoms. The summed E-state index contributed by atoms with van der Waals surface area (Å²) in [7, 11) is 2.64. The second kappa shape index (κ2) is 9.47. The number of methoxy groups -OCH3 is 2. The molecule has 0 spiro atoms. The lowest BCUT2D eigenvalue weighted by Crippen LogP contribution is -2.29. The lowest BCUT2D eigenvalue weighted by molar-refractivity contribution is -0.132. The predicted molar refractivity (Wildman–Crippen MR) is 127 cm³/mol. The second-order valence-electron chi connectivity index (χ2n) is 7.47. The molecule has 1 amide bonds. The highest BCUT2D eigenvalue weighted by atomic mass is 35.5. The van der Waals surface area contributed by atoms with Crippen molar-refractivity contribution >= 4 is 51.5 Å². The molecule has 1 atom stereocenters. The van der Waals surface area contributed by atoms with Gasteiger partial charge in [0.1, 0.15) is 22.2 Å². The van der Waals surface area contributed by atoms with E-state index in [1.165, 1.54) is 56.7 Å². The number of anilines is 1. The van der Waals surface area contributed by atoms with Crippen molar-refractivity contribution in [1.82, 2.24) is 4.98 Å². The van der Waals surface area contributed by atoms with Gasteiger partial charge in [-0.25, -0.2) is 14.2 Å². The first-order valence-corrected chi connectivity index (χ1v) is 11.3. The third kappa shape index (κ3) is 4.26. The summed E-state index contributed by atoms with van der Waals surface area (Å²) >= 11 is 7.05. The minimum atomic E-state index is -1.15. The quantitative estimate of drug-likeness (QED) is 0.227. The van der Waals surface area contributed by atoms with E-state index in [-0.39, 0.29) is 26.2 Å². The van der Waals surface area contributed by atoms with Gasteiger partial charge >= 0.3 is 11.9 Å². The Bertz CT molecular complexity index is 1390. The molecule has 1 aliphatic heterocycles. The van der Waals surface area contributed by atoms with Crippen LogP contribution in [0.5, 0.6) is 5.75 Å². The Balaban J connectivity index is 1.93. The number of carbonyl (C=O) groups is 3. The van der Waals surface area contributed by atoms with Crippen LogP contribution in [0.1, 0.15) is 32.5 Å². The predicted octanol–water partition coefficient (Wildman–Crippen LogP) is 4.67. The maximum absolute atomic E-state index is 13.7. The van der Waals surface area contributed by atoms with Crippen molar-refractivity contribution in [2.45, 2.75) is 13.0 Å². The lowest BCUT2D eigenvalue weighted by atomic mass is 9.95. The molecule has 0 radical (unpaired) electrons. The molecule has 1 N–H and O–H groups in total. The van der Waals surface area contributed by atoms with E-state index in [2.05, 4.69) is 4.98 Å². The van der Waals surface area contributed by atoms with Crippen LogP contribution in [0.4, 0.5) is 9.52 Å². The van der Waals surface area contributed by atoms with Gasteiger partial charge in [-0.1, -0.05) is 35.1 Å². The van der Waals surface area contributed by atoms with Crippen molar-refractivity contribution in [2.75, 3.05) is 19.1 Å². The molecule has 1 aliphatic rings. The molecule has 0 saturated carbocycles. The first-order chi connectivity index (χ1) is 16.7. The minimum absolute atomic E-state index is 0.0474. The summed E-state index contributed by atoms with van der Waals surface area (Å²) in [6, 6.07) is 8.38. The molecule has 4 rings (SSSR count). The minimum Gasteiger partial charge on any atom is -0.507 e. The fraction of sp³-hybridized carbons (Fsp3) is 0.167. The number of hydrogen-bond acceptors (Lipinski definition) is 8. The van der Waals surface area contributed by atoms with E-state index in [9.17, 15) is 23.9 Å². The average Bonchev–Trinajstić information content (AvgIpc) is 3.35. The molecule has 180 valence electrons. The average molecular weight is 517 g/mol. The van der Waals surface area contributed by atoms with Crippen LogP contribution in [0, 0.1) is 12.7 Å². The van der Waals surface area contributed by atoms with E-state index in [0.717, 1.165) is 16.2 Å². The number of thiazole rings is 1. The number of esters is 1. The van der Waals surface area contributed by atoms with Crippen LogP contribution in [0.25, 0.3) is 5.76 Å². The van der Waals surface area contributed by atoms with Crippen molar-refractivity contribution < 1.29 is 33.4 Å². The van der Waals surface area contributed by atoms with Gasteiger partial charge in [-0.3, -0.25) is 14.5 Å². The maximum atomic E-state index is 13.7. The van der Waals surface area contributed by atoms with Crippen LogP contribution in [0.15, 0.2) is 48.0 Å². The molecule has 11 heteroatoms. The molecule has 2 heterocycles. The maximum Gasteiger partial charge on any atom is 0.350 e. The van der Waals surface area contributed by atoms with Crippen molar-refractivity contribution in [3.63, 3.8) is 0 Å². The van der Waals surface area contributed by atoms with Crippen molar-refractivity contribution in [3.8, 4) is 5.75 Å². The Morgan fingerprint density at radius 3 is 2.46 bits per heavy atom. The monoisotopic (exact) mass is 516 g/mol. The third-order valence-corrected chi connectivity index (χ3v) is 6.85. The lowest BCUT2D eigenvalue weighted by Gasteiger charge is -2.23. The summed E-state index contributed by atoms with van der Waals surface area (Å²) in [5.41, 5.74) is 0.583. The summed E-state index contributed by atoms with van der Waals surface area (Å²) in [6.07, 6.45) is 0. The van der Waals surface area contributed by atoms with E-state index in [4.69, 9.17) is 21.1 Å².